The summed E-state index contributed by atoms with van der Waals surface area (Å²) in [7, 11) is -3.33. The van der Waals surface area contributed by atoms with Gasteiger partial charge in [0.2, 0.25) is 0 Å². The topological polar surface area (TPSA) is 17.1 Å². The average molecular weight is 212 g/mol. The number of hydrogen-bond donors (Lipinski definition) is 0. The van der Waals surface area contributed by atoms with Gasteiger partial charge in [-0.3, -0.25) is 4.21 Å². The highest BCUT2D eigenvalue weighted by atomic mass is 32.2. The van der Waals surface area contributed by atoms with Crippen LogP contribution < -0.4 is 0 Å². The Balaban J connectivity index is 4.36. The van der Waals surface area contributed by atoms with E-state index in [1.54, 1.807) is 0 Å². The minimum Gasteiger partial charge on any atom is -0.251 e. The van der Waals surface area contributed by atoms with E-state index in [-0.39, 0.29) is 0 Å². The summed E-state index contributed by atoms with van der Waals surface area (Å²) in [6, 6.07) is 0. The van der Waals surface area contributed by atoms with Crippen molar-refractivity contribution < 1.29 is 30.6 Å². The number of hydrogen-bond acceptors (Lipinski definition) is 1. The molecule has 0 N–H and O–H groups in total. The van der Waals surface area contributed by atoms with E-state index >= 15 is 0 Å². The zero-order valence-corrected chi connectivity index (χ0v) is 6.11. The van der Waals surface area contributed by atoms with Crippen molar-refractivity contribution in [3.8, 4) is 0 Å². The predicted octanol–water partition coefficient (Wildman–Crippen LogP) is 2.33. The first-order chi connectivity index (χ1) is 5.24. The lowest BCUT2D eigenvalue weighted by Crippen LogP contribution is -2.18. The maximum atomic E-state index is 11.8. The van der Waals surface area contributed by atoms with E-state index in [1.807, 2.05) is 0 Å². The Morgan fingerprint density at radius 2 is 1.58 bits per heavy atom. The average Bonchev–Trinajstić information content (AvgIpc) is 1.82. The molecule has 0 aromatic heterocycles. The monoisotopic (exact) mass is 212 g/mol. The van der Waals surface area contributed by atoms with Gasteiger partial charge in [-0.15, -0.1) is 0 Å². The van der Waals surface area contributed by atoms with Crippen LogP contribution in [-0.4, -0.2) is 16.1 Å². The second-order valence-corrected chi connectivity index (χ2v) is 2.98. The van der Waals surface area contributed by atoms with Crippen LogP contribution in [0, 0.1) is 0 Å². The predicted molar refractivity (Wildman–Crippen MR) is 29.4 cm³/mol. The minimum absolute atomic E-state index is 2.10. The van der Waals surface area contributed by atoms with Crippen LogP contribution in [0.15, 0.2) is 11.2 Å². The van der Waals surface area contributed by atoms with Crippen LogP contribution in [0.4, 0.5) is 26.3 Å². The molecular weight excluding hydrogens is 210 g/mol. The molecule has 1 atom stereocenters. The molecule has 0 amide bonds. The molecule has 0 radical (unpaired) electrons. The second kappa shape index (κ2) is 3.92. The molecule has 0 aromatic carbocycles. The maximum absolute atomic E-state index is 11.8. The highest BCUT2D eigenvalue weighted by Gasteiger charge is 2.33. The highest BCUT2D eigenvalue weighted by Crippen LogP contribution is 2.21. The third kappa shape index (κ3) is 4.37. The van der Waals surface area contributed by atoms with E-state index in [4.69, 9.17) is 0 Å². The summed E-state index contributed by atoms with van der Waals surface area (Å²) in [4.78, 5) is 0. The fourth-order valence-electron chi connectivity index (χ4n) is 0.298. The molecule has 0 aliphatic carbocycles. The van der Waals surface area contributed by atoms with Gasteiger partial charge in [-0.25, -0.2) is 0 Å². The first-order valence-corrected chi connectivity index (χ1v) is 3.72. The molecular formula is C4H2F6OS. The van der Waals surface area contributed by atoms with E-state index in [2.05, 4.69) is 0 Å². The van der Waals surface area contributed by atoms with E-state index in [9.17, 15) is 30.6 Å². The van der Waals surface area contributed by atoms with Crippen LogP contribution in [-0.2, 0) is 10.8 Å². The Bertz CT molecular complexity index is 214. The molecule has 72 valence electrons. The van der Waals surface area contributed by atoms with Gasteiger partial charge in [0.05, 0.1) is 10.8 Å². The van der Waals surface area contributed by atoms with Gasteiger partial charge in [-0.05, 0) is 0 Å². The molecule has 0 heterocycles. The Morgan fingerprint density at radius 3 is 1.83 bits per heavy atom. The van der Waals surface area contributed by atoms with Gasteiger partial charge >= 0.3 is 12.3 Å². The third-order valence-corrected chi connectivity index (χ3v) is 1.79. The fourth-order valence-corrected chi connectivity index (χ4v) is 0.894. The molecule has 0 rings (SSSR count). The third-order valence-electron chi connectivity index (χ3n) is 0.643. The molecule has 1 nitrogen and oxygen atoms in total. The number of halogens is 6. The van der Waals surface area contributed by atoms with Crippen molar-refractivity contribution in [2.45, 2.75) is 6.18 Å². The smallest absolute Gasteiger partial charge is 0.251 e. The molecule has 1 unspecified atom stereocenters. The lowest BCUT2D eigenvalue weighted by atomic mass is 10.8. The summed E-state index contributed by atoms with van der Waals surface area (Å²) in [5.74, 6) is -2.10. The summed E-state index contributed by atoms with van der Waals surface area (Å²) in [5, 5.41) is -2.52. The summed E-state index contributed by atoms with van der Waals surface area (Å²) in [6.07, 6.45) is -7.91. The SMILES string of the molecule is O=S(CC(F)(F)F)C(F)=C(F)F. The summed E-state index contributed by atoms with van der Waals surface area (Å²) in [5.41, 5.74) is 0. The van der Waals surface area contributed by atoms with Crippen LogP contribution in [0.1, 0.15) is 0 Å². The van der Waals surface area contributed by atoms with Crippen molar-refractivity contribution in [3.05, 3.63) is 11.2 Å². The Hall–Kier alpha value is -0.530. The van der Waals surface area contributed by atoms with Crippen LogP contribution in [0.5, 0.6) is 0 Å². The van der Waals surface area contributed by atoms with Crippen molar-refractivity contribution in [1.82, 2.24) is 0 Å². The molecule has 0 aromatic rings. The zero-order chi connectivity index (χ0) is 9.94. The van der Waals surface area contributed by atoms with E-state index in [0.717, 1.165) is 0 Å². The standard InChI is InChI=1S/C4H2F6OS/c5-2(6)3(7)12(11)1-4(8,9)10/h1H2. The van der Waals surface area contributed by atoms with Gasteiger partial charge in [0.15, 0.2) is 0 Å². The fraction of sp³-hybridized carbons (Fsp3) is 0.500. The molecule has 0 aliphatic rings. The molecule has 0 aliphatic heterocycles. The zero-order valence-electron chi connectivity index (χ0n) is 5.29. The van der Waals surface area contributed by atoms with Gasteiger partial charge in [0.25, 0.3) is 5.16 Å². The minimum atomic E-state index is -4.92. The van der Waals surface area contributed by atoms with Crippen molar-refractivity contribution in [2.24, 2.45) is 0 Å². The van der Waals surface area contributed by atoms with Gasteiger partial charge in [-0.1, -0.05) is 0 Å². The highest BCUT2D eigenvalue weighted by molar-refractivity contribution is 7.88. The summed E-state index contributed by atoms with van der Waals surface area (Å²) < 4.78 is 78.2. The molecule has 0 saturated carbocycles. The molecule has 0 bridgehead atoms. The number of rotatable bonds is 2. The van der Waals surface area contributed by atoms with Gasteiger partial charge in [0.1, 0.15) is 5.75 Å². The molecule has 0 fully saturated rings. The van der Waals surface area contributed by atoms with Crippen molar-refractivity contribution >= 4 is 10.8 Å². The van der Waals surface area contributed by atoms with Gasteiger partial charge in [0, 0.05) is 0 Å². The van der Waals surface area contributed by atoms with E-state index in [0.29, 0.717) is 0 Å². The van der Waals surface area contributed by atoms with E-state index in [1.165, 1.54) is 0 Å². The van der Waals surface area contributed by atoms with Crippen molar-refractivity contribution in [1.29, 1.82) is 0 Å². The lowest BCUT2D eigenvalue weighted by molar-refractivity contribution is -0.105. The normalized spacial score (nSPS) is 14.2. The Labute approximate surface area is 65.5 Å². The van der Waals surface area contributed by atoms with Gasteiger partial charge < -0.3 is 0 Å². The quantitative estimate of drug-likeness (QED) is 0.642. The van der Waals surface area contributed by atoms with Crippen LogP contribution >= 0.6 is 0 Å². The first kappa shape index (κ1) is 11.5. The summed E-state index contributed by atoms with van der Waals surface area (Å²) in [6.45, 7) is 0. The largest absolute Gasteiger partial charge is 0.400 e. The molecule has 0 spiro atoms. The Morgan fingerprint density at radius 1 is 1.17 bits per heavy atom. The van der Waals surface area contributed by atoms with E-state index < -0.39 is 34.0 Å². The molecule has 12 heavy (non-hydrogen) atoms. The molecule has 8 heteroatoms. The number of alkyl halides is 3. The van der Waals surface area contributed by atoms with Crippen LogP contribution in [0.2, 0.25) is 0 Å². The van der Waals surface area contributed by atoms with Crippen molar-refractivity contribution in [3.63, 3.8) is 0 Å². The summed E-state index contributed by atoms with van der Waals surface area (Å²) >= 11 is 0. The van der Waals surface area contributed by atoms with Crippen molar-refractivity contribution in [2.75, 3.05) is 5.75 Å². The lowest BCUT2D eigenvalue weighted by Gasteiger charge is -2.02. The maximum Gasteiger partial charge on any atom is 0.400 e. The Kier molecular flexibility index (Phi) is 3.75. The first-order valence-electron chi connectivity index (χ1n) is 2.40. The van der Waals surface area contributed by atoms with Gasteiger partial charge in [-0.2, -0.15) is 26.3 Å². The second-order valence-electron chi connectivity index (χ2n) is 1.64. The molecule has 0 saturated heterocycles. The van der Waals surface area contributed by atoms with Crippen LogP contribution in [0.25, 0.3) is 0 Å². The van der Waals surface area contributed by atoms with Crippen LogP contribution in [0.3, 0.4) is 0 Å².